The van der Waals surface area contributed by atoms with Crippen LogP contribution in [0.1, 0.15) is 24.5 Å². The Labute approximate surface area is 179 Å². The fourth-order valence-electron chi connectivity index (χ4n) is 4.62. The van der Waals surface area contributed by atoms with Gasteiger partial charge in [-0.15, -0.1) is 0 Å². The van der Waals surface area contributed by atoms with Crippen molar-refractivity contribution in [3.63, 3.8) is 0 Å². The first-order valence-electron chi connectivity index (χ1n) is 11.0. The van der Waals surface area contributed by atoms with Gasteiger partial charge in [0.1, 0.15) is 5.75 Å². The molecule has 1 saturated heterocycles. The van der Waals surface area contributed by atoms with Crippen molar-refractivity contribution in [3.05, 3.63) is 65.9 Å². The van der Waals surface area contributed by atoms with Gasteiger partial charge in [0.05, 0.1) is 6.61 Å². The molecule has 1 aromatic heterocycles. The summed E-state index contributed by atoms with van der Waals surface area (Å²) in [6, 6.07) is 17.4. The monoisotopic (exact) mass is 407 g/mol. The second-order valence-electron chi connectivity index (χ2n) is 8.23. The van der Waals surface area contributed by atoms with Crippen molar-refractivity contribution in [1.29, 1.82) is 0 Å². The molecule has 0 bridgehead atoms. The predicted molar refractivity (Wildman–Crippen MR) is 122 cm³/mol. The number of aryl methyl sites for hydroxylation is 1. The quantitative estimate of drug-likeness (QED) is 0.619. The van der Waals surface area contributed by atoms with Crippen molar-refractivity contribution in [2.45, 2.75) is 32.5 Å². The largest absolute Gasteiger partial charge is 0.494 e. The van der Waals surface area contributed by atoms with Crippen molar-refractivity contribution >= 4 is 10.9 Å². The van der Waals surface area contributed by atoms with E-state index in [1.54, 1.807) is 0 Å². The SMILES string of the molecule is CCOc1ccc(CN2CCN(Cc3cn(C)c4ccccc34)CC2CCO)cc1. The van der Waals surface area contributed by atoms with Gasteiger partial charge >= 0.3 is 0 Å². The number of aliphatic hydroxyl groups excluding tert-OH is 1. The van der Waals surface area contributed by atoms with E-state index in [-0.39, 0.29) is 6.61 Å². The zero-order chi connectivity index (χ0) is 20.9. The fourth-order valence-corrected chi connectivity index (χ4v) is 4.62. The minimum atomic E-state index is 0.229. The number of benzene rings is 2. The van der Waals surface area contributed by atoms with Gasteiger partial charge in [0.15, 0.2) is 0 Å². The number of aromatic nitrogens is 1. The van der Waals surface area contributed by atoms with Gasteiger partial charge in [-0.2, -0.15) is 0 Å². The van der Waals surface area contributed by atoms with Crippen molar-refractivity contribution in [2.75, 3.05) is 32.8 Å². The van der Waals surface area contributed by atoms with Gasteiger partial charge in [-0.05, 0) is 42.7 Å². The van der Waals surface area contributed by atoms with E-state index in [1.165, 1.54) is 22.0 Å². The lowest BCUT2D eigenvalue weighted by atomic mass is 10.1. The predicted octanol–water partition coefficient (Wildman–Crippen LogP) is 3.65. The highest BCUT2D eigenvalue weighted by Crippen LogP contribution is 2.24. The van der Waals surface area contributed by atoms with Crippen LogP contribution >= 0.6 is 0 Å². The van der Waals surface area contributed by atoms with Crippen LogP contribution in [0.25, 0.3) is 10.9 Å². The van der Waals surface area contributed by atoms with Crippen molar-refractivity contribution in [2.24, 2.45) is 7.05 Å². The molecule has 1 aliphatic rings. The highest BCUT2D eigenvalue weighted by molar-refractivity contribution is 5.83. The molecule has 0 aliphatic carbocycles. The maximum absolute atomic E-state index is 9.65. The first-order valence-corrected chi connectivity index (χ1v) is 11.0. The maximum Gasteiger partial charge on any atom is 0.119 e. The minimum absolute atomic E-state index is 0.229. The van der Waals surface area contributed by atoms with Gasteiger partial charge in [0.25, 0.3) is 0 Å². The van der Waals surface area contributed by atoms with E-state index < -0.39 is 0 Å². The molecule has 30 heavy (non-hydrogen) atoms. The number of piperazine rings is 1. The number of rotatable bonds is 8. The van der Waals surface area contributed by atoms with Crippen LogP contribution in [0.5, 0.6) is 5.75 Å². The molecule has 5 heteroatoms. The fraction of sp³-hybridized carbons (Fsp3) is 0.440. The van der Waals surface area contributed by atoms with Crippen LogP contribution in [0, 0.1) is 0 Å². The Balaban J connectivity index is 1.42. The van der Waals surface area contributed by atoms with Crippen LogP contribution in [0.3, 0.4) is 0 Å². The van der Waals surface area contributed by atoms with Gasteiger partial charge in [0, 0.05) is 69.5 Å². The van der Waals surface area contributed by atoms with Gasteiger partial charge in [-0.3, -0.25) is 9.80 Å². The zero-order valence-corrected chi connectivity index (χ0v) is 18.1. The van der Waals surface area contributed by atoms with E-state index in [2.05, 4.69) is 76.1 Å². The molecule has 4 rings (SSSR count). The molecule has 2 heterocycles. The summed E-state index contributed by atoms with van der Waals surface area (Å²) in [7, 11) is 2.12. The Morgan fingerprint density at radius 3 is 2.60 bits per heavy atom. The van der Waals surface area contributed by atoms with Crippen LogP contribution in [0.4, 0.5) is 0 Å². The summed E-state index contributed by atoms with van der Waals surface area (Å²) in [5, 5.41) is 11.0. The summed E-state index contributed by atoms with van der Waals surface area (Å²) in [6.07, 6.45) is 3.07. The Kier molecular flexibility index (Phi) is 6.72. The molecule has 1 N–H and O–H groups in total. The third kappa shape index (κ3) is 4.69. The number of fused-ring (bicyclic) bond motifs is 1. The first-order chi connectivity index (χ1) is 14.7. The number of hydrogen-bond acceptors (Lipinski definition) is 4. The molecule has 2 aromatic carbocycles. The number of para-hydroxylation sites is 1. The van der Waals surface area contributed by atoms with Crippen LogP contribution < -0.4 is 4.74 Å². The van der Waals surface area contributed by atoms with E-state index in [9.17, 15) is 5.11 Å². The number of ether oxygens (including phenoxy) is 1. The Morgan fingerprint density at radius 1 is 1.03 bits per heavy atom. The summed E-state index contributed by atoms with van der Waals surface area (Å²) in [5.41, 5.74) is 3.97. The van der Waals surface area contributed by atoms with Crippen molar-refractivity contribution in [3.8, 4) is 5.75 Å². The van der Waals surface area contributed by atoms with Gasteiger partial charge in [-0.25, -0.2) is 0 Å². The van der Waals surface area contributed by atoms with E-state index in [0.29, 0.717) is 12.6 Å². The molecule has 1 unspecified atom stereocenters. The van der Waals surface area contributed by atoms with E-state index in [1.807, 2.05) is 6.92 Å². The lowest BCUT2D eigenvalue weighted by molar-refractivity contribution is 0.0501. The molecule has 1 aliphatic heterocycles. The van der Waals surface area contributed by atoms with Gasteiger partial charge in [-0.1, -0.05) is 30.3 Å². The summed E-state index contributed by atoms with van der Waals surface area (Å²) < 4.78 is 7.78. The minimum Gasteiger partial charge on any atom is -0.494 e. The van der Waals surface area contributed by atoms with E-state index >= 15 is 0 Å². The van der Waals surface area contributed by atoms with E-state index in [0.717, 1.165) is 44.9 Å². The summed E-state index contributed by atoms with van der Waals surface area (Å²) in [4.78, 5) is 5.06. The molecular weight excluding hydrogens is 374 g/mol. The Morgan fingerprint density at radius 2 is 1.83 bits per heavy atom. The van der Waals surface area contributed by atoms with E-state index in [4.69, 9.17) is 4.74 Å². The smallest absolute Gasteiger partial charge is 0.119 e. The van der Waals surface area contributed by atoms with Crippen molar-refractivity contribution < 1.29 is 9.84 Å². The normalized spacial score (nSPS) is 18.2. The third-order valence-electron chi connectivity index (χ3n) is 6.14. The van der Waals surface area contributed by atoms with Gasteiger partial charge < -0.3 is 14.4 Å². The molecular formula is C25H33N3O2. The van der Waals surface area contributed by atoms with Crippen LogP contribution in [0.15, 0.2) is 54.7 Å². The third-order valence-corrected chi connectivity index (χ3v) is 6.14. The summed E-state index contributed by atoms with van der Waals surface area (Å²) in [6.45, 7) is 7.85. The zero-order valence-electron chi connectivity index (χ0n) is 18.1. The second kappa shape index (κ2) is 9.65. The molecule has 1 fully saturated rings. The van der Waals surface area contributed by atoms with Crippen LogP contribution in [-0.2, 0) is 20.1 Å². The highest BCUT2D eigenvalue weighted by atomic mass is 16.5. The first kappa shape index (κ1) is 20.9. The molecule has 0 amide bonds. The van der Waals surface area contributed by atoms with Crippen LogP contribution in [0.2, 0.25) is 0 Å². The number of nitrogens with zero attached hydrogens (tertiary/aromatic N) is 3. The summed E-state index contributed by atoms with van der Waals surface area (Å²) in [5.74, 6) is 0.924. The molecule has 0 saturated carbocycles. The second-order valence-corrected chi connectivity index (χ2v) is 8.23. The molecule has 5 nitrogen and oxygen atoms in total. The average molecular weight is 408 g/mol. The molecule has 3 aromatic rings. The Hall–Kier alpha value is -2.34. The molecule has 0 radical (unpaired) electrons. The van der Waals surface area contributed by atoms with Crippen molar-refractivity contribution in [1.82, 2.24) is 14.4 Å². The average Bonchev–Trinajstić information content (AvgIpc) is 3.07. The topological polar surface area (TPSA) is 40.9 Å². The van der Waals surface area contributed by atoms with Crippen LogP contribution in [-0.4, -0.2) is 58.4 Å². The highest BCUT2D eigenvalue weighted by Gasteiger charge is 2.27. The molecule has 160 valence electrons. The standard InChI is InChI=1S/C25H33N3O2/c1-3-30-23-10-8-20(9-11-23)16-28-14-13-27(19-22(28)12-15-29)18-21-17-26(2)25-7-5-4-6-24(21)25/h4-11,17,22,29H,3,12-16,18-19H2,1-2H3. The molecule has 0 spiro atoms. The molecule has 1 atom stereocenters. The Bertz CT molecular complexity index is 951. The lowest BCUT2D eigenvalue weighted by Gasteiger charge is -2.41. The summed E-state index contributed by atoms with van der Waals surface area (Å²) >= 11 is 0. The number of hydrogen-bond donors (Lipinski definition) is 1. The lowest BCUT2D eigenvalue weighted by Crippen LogP contribution is -2.52. The maximum atomic E-state index is 9.65. The number of aliphatic hydroxyl groups is 1. The van der Waals surface area contributed by atoms with Gasteiger partial charge in [0.2, 0.25) is 0 Å².